The Morgan fingerprint density at radius 1 is 1.30 bits per heavy atom. The van der Waals surface area contributed by atoms with Crippen molar-refractivity contribution in [2.24, 2.45) is 0 Å². The van der Waals surface area contributed by atoms with Gasteiger partial charge >= 0.3 is 0 Å². The van der Waals surface area contributed by atoms with Gasteiger partial charge in [-0.1, -0.05) is 0 Å². The van der Waals surface area contributed by atoms with Crippen molar-refractivity contribution in [1.29, 1.82) is 0 Å². The van der Waals surface area contributed by atoms with E-state index in [1.165, 1.54) is 6.33 Å². The molecule has 0 atom stereocenters. The predicted octanol–water partition coefficient (Wildman–Crippen LogP) is 0.776. The molecule has 106 valence electrons. The zero-order chi connectivity index (χ0) is 13.6. The van der Waals surface area contributed by atoms with Crippen LogP contribution in [0.3, 0.4) is 0 Å². The molecule has 0 unspecified atom stereocenters. The summed E-state index contributed by atoms with van der Waals surface area (Å²) in [6, 6.07) is 2.04. The van der Waals surface area contributed by atoms with Crippen LogP contribution in [0.4, 0.5) is 5.82 Å². The SMILES string of the molecule is Cc1cc(N2CCCC3(C2)OCCO3)n2ncnc2n1. The first kappa shape index (κ1) is 12.0. The Morgan fingerprint density at radius 2 is 2.15 bits per heavy atom. The third-order valence-corrected chi connectivity index (χ3v) is 3.92. The fourth-order valence-corrected chi connectivity index (χ4v) is 3.05. The second-order valence-electron chi connectivity index (χ2n) is 5.36. The van der Waals surface area contributed by atoms with Gasteiger partial charge in [0, 0.05) is 24.7 Å². The van der Waals surface area contributed by atoms with E-state index in [0.717, 1.165) is 37.4 Å². The van der Waals surface area contributed by atoms with Crippen molar-refractivity contribution in [1.82, 2.24) is 19.6 Å². The van der Waals surface area contributed by atoms with Gasteiger partial charge in [-0.2, -0.15) is 14.6 Å². The molecular formula is C13H17N5O2. The van der Waals surface area contributed by atoms with Crippen molar-refractivity contribution in [2.45, 2.75) is 25.6 Å². The number of rotatable bonds is 1. The Balaban J connectivity index is 1.73. The van der Waals surface area contributed by atoms with E-state index in [9.17, 15) is 0 Å². The second-order valence-corrected chi connectivity index (χ2v) is 5.36. The summed E-state index contributed by atoms with van der Waals surface area (Å²) in [5.41, 5.74) is 0.938. The van der Waals surface area contributed by atoms with E-state index in [1.807, 2.05) is 13.0 Å². The quantitative estimate of drug-likeness (QED) is 0.766. The van der Waals surface area contributed by atoms with Gasteiger partial charge in [-0.05, 0) is 13.3 Å². The lowest BCUT2D eigenvalue weighted by Crippen LogP contribution is -2.49. The van der Waals surface area contributed by atoms with Gasteiger partial charge in [0.15, 0.2) is 5.79 Å². The maximum Gasteiger partial charge on any atom is 0.254 e. The van der Waals surface area contributed by atoms with Crippen LogP contribution < -0.4 is 4.90 Å². The van der Waals surface area contributed by atoms with Gasteiger partial charge in [-0.25, -0.2) is 4.98 Å². The molecule has 2 saturated heterocycles. The molecule has 0 aromatic carbocycles. The van der Waals surface area contributed by atoms with Crippen molar-refractivity contribution < 1.29 is 9.47 Å². The third-order valence-electron chi connectivity index (χ3n) is 3.92. The molecule has 2 aromatic heterocycles. The Kier molecular flexibility index (Phi) is 2.64. The van der Waals surface area contributed by atoms with Gasteiger partial charge in [0.05, 0.1) is 19.8 Å². The number of ether oxygens (including phenoxy) is 2. The number of aromatic nitrogens is 4. The van der Waals surface area contributed by atoms with E-state index >= 15 is 0 Å². The molecule has 0 radical (unpaired) electrons. The van der Waals surface area contributed by atoms with E-state index in [4.69, 9.17) is 9.47 Å². The number of hydrogen-bond donors (Lipinski definition) is 0. The average Bonchev–Trinajstić information content (AvgIpc) is 3.07. The van der Waals surface area contributed by atoms with Crippen molar-refractivity contribution in [2.75, 3.05) is 31.2 Å². The highest BCUT2D eigenvalue weighted by Gasteiger charge is 2.41. The van der Waals surface area contributed by atoms with Crippen LogP contribution in [-0.2, 0) is 9.47 Å². The molecule has 2 aromatic rings. The van der Waals surface area contributed by atoms with Crippen LogP contribution in [0.1, 0.15) is 18.5 Å². The van der Waals surface area contributed by atoms with Crippen LogP contribution in [0.15, 0.2) is 12.4 Å². The Hall–Kier alpha value is -1.73. The molecule has 4 heterocycles. The summed E-state index contributed by atoms with van der Waals surface area (Å²) in [7, 11) is 0. The summed E-state index contributed by atoms with van der Waals surface area (Å²) >= 11 is 0. The lowest BCUT2D eigenvalue weighted by Gasteiger charge is -2.39. The van der Waals surface area contributed by atoms with Crippen LogP contribution in [-0.4, -0.2) is 51.7 Å². The van der Waals surface area contributed by atoms with Crippen molar-refractivity contribution in [3.63, 3.8) is 0 Å². The van der Waals surface area contributed by atoms with Gasteiger partial charge in [0.25, 0.3) is 5.78 Å². The van der Waals surface area contributed by atoms with E-state index in [-0.39, 0.29) is 0 Å². The molecule has 0 N–H and O–H groups in total. The largest absolute Gasteiger partial charge is 0.351 e. The Morgan fingerprint density at radius 3 is 3.00 bits per heavy atom. The standard InChI is InChI=1S/C13H17N5O2/c1-10-7-11(18-12(16-10)14-9-15-18)17-4-2-3-13(8-17)19-5-6-20-13/h7,9H,2-6,8H2,1H3. The number of hydrogen-bond acceptors (Lipinski definition) is 6. The van der Waals surface area contributed by atoms with Crippen LogP contribution >= 0.6 is 0 Å². The average molecular weight is 275 g/mol. The van der Waals surface area contributed by atoms with Gasteiger partial charge in [0.2, 0.25) is 0 Å². The number of aryl methyl sites for hydroxylation is 1. The van der Waals surface area contributed by atoms with Crippen LogP contribution in [0, 0.1) is 6.92 Å². The minimum Gasteiger partial charge on any atom is -0.351 e. The van der Waals surface area contributed by atoms with Crippen LogP contribution in [0.5, 0.6) is 0 Å². The fourth-order valence-electron chi connectivity index (χ4n) is 3.05. The van der Waals surface area contributed by atoms with Crippen molar-refractivity contribution in [3.05, 3.63) is 18.1 Å². The predicted molar refractivity (Wildman–Crippen MR) is 71.6 cm³/mol. The highest BCUT2D eigenvalue weighted by atomic mass is 16.7. The van der Waals surface area contributed by atoms with Crippen LogP contribution in [0.2, 0.25) is 0 Å². The fraction of sp³-hybridized carbons (Fsp3) is 0.615. The van der Waals surface area contributed by atoms with Crippen molar-refractivity contribution >= 4 is 11.6 Å². The molecule has 2 fully saturated rings. The maximum absolute atomic E-state index is 5.83. The summed E-state index contributed by atoms with van der Waals surface area (Å²) < 4.78 is 13.4. The third kappa shape index (κ3) is 1.85. The van der Waals surface area contributed by atoms with Gasteiger partial charge in [0.1, 0.15) is 12.1 Å². The molecule has 0 bridgehead atoms. The van der Waals surface area contributed by atoms with Gasteiger partial charge < -0.3 is 14.4 Å². The molecule has 2 aliphatic heterocycles. The number of piperidine rings is 1. The molecule has 0 amide bonds. The first-order valence-electron chi connectivity index (χ1n) is 6.96. The van der Waals surface area contributed by atoms with E-state index in [1.54, 1.807) is 4.52 Å². The number of fused-ring (bicyclic) bond motifs is 1. The molecule has 0 aliphatic carbocycles. The number of anilines is 1. The van der Waals surface area contributed by atoms with E-state index < -0.39 is 5.79 Å². The summed E-state index contributed by atoms with van der Waals surface area (Å²) in [5.74, 6) is 1.19. The zero-order valence-corrected chi connectivity index (χ0v) is 11.4. The van der Waals surface area contributed by atoms with Gasteiger partial charge in [-0.3, -0.25) is 0 Å². The Bertz CT molecular complexity index is 635. The zero-order valence-electron chi connectivity index (χ0n) is 11.4. The molecule has 0 saturated carbocycles. The summed E-state index contributed by atoms with van der Waals surface area (Å²) in [4.78, 5) is 10.8. The molecular weight excluding hydrogens is 258 g/mol. The first-order chi connectivity index (χ1) is 9.76. The highest BCUT2D eigenvalue weighted by Crippen LogP contribution is 2.32. The highest BCUT2D eigenvalue weighted by molar-refractivity contribution is 5.47. The molecule has 7 heteroatoms. The smallest absolute Gasteiger partial charge is 0.254 e. The van der Waals surface area contributed by atoms with Crippen LogP contribution in [0.25, 0.3) is 5.78 Å². The molecule has 4 rings (SSSR count). The topological polar surface area (TPSA) is 64.8 Å². The molecule has 20 heavy (non-hydrogen) atoms. The molecule has 1 spiro atoms. The monoisotopic (exact) mass is 275 g/mol. The Labute approximate surface area is 116 Å². The second kappa shape index (κ2) is 4.39. The maximum atomic E-state index is 5.83. The minimum atomic E-state index is -0.442. The molecule has 2 aliphatic rings. The van der Waals surface area contributed by atoms with E-state index in [0.29, 0.717) is 19.0 Å². The summed E-state index contributed by atoms with van der Waals surface area (Å²) in [6.07, 6.45) is 3.53. The first-order valence-corrected chi connectivity index (χ1v) is 6.96. The minimum absolute atomic E-state index is 0.442. The molecule has 7 nitrogen and oxygen atoms in total. The lowest BCUT2D eigenvalue weighted by atomic mass is 10.0. The van der Waals surface area contributed by atoms with Crippen molar-refractivity contribution in [3.8, 4) is 0 Å². The number of nitrogens with zero attached hydrogens (tertiary/aromatic N) is 5. The lowest BCUT2D eigenvalue weighted by molar-refractivity contribution is -0.161. The normalized spacial score (nSPS) is 21.9. The van der Waals surface area contributed by atoms with Gasteiger partial charge in [-0.15, -0.1) is 0 Å². The summed E-state index contributed by atoms with van der Waals surface area (Å²) in [6.45, 7) is 5.03. The van der Waals surface area contributed by atoms with E-state index in [2.05, 4.69) is 20.0 Å². The summed E-state index contributed by atoms with van der Waals surface area (Å²) in [5, 5.41) is 4.27.